The monoisotopic (exact) mass is 242 g/mol. The van der Waals surface area contributed by atoms with E-state index < -0.39 is 11.8 Å². The molecule has 1 heterocycles. The molecule has 1 aromatic rings. The smallest absolute Gasteiger partial charge is 0.251 e. The van der Waals surface area contributed by atoms with Crippen molar-refractivity contribution in [1.82, 2.24) is 9.55 Å². The molecule has 2 nitrogen and oxygen atoms in total. The molecule has 2 rings (SSSR count). The number of hydrogen-bond donors (Lipinski definition) is 0. The lowest BCUT2D eigenvalue weighted by Gasteiger charge is -2.19. The van der Waals surface area contributed by atoms with Gasteiger partial charge in [-0.15, -0.1) is 0 Å². The van der Waals surface area contributed by atoms with E-state index >= 15 is 0 Å². The van der Waals surface area contributed by atoms with E-state index in [1.54, 1.807) is 6.20 Å². The van der Waals surface area contributed by atoms with Gasteiger partial charge in [0.15, 0.2) is 0 Å². The maximum absolute atomic E-state index is 13.5. The van der Waals surface area contributed by atoms with E-state index in [2.05, 4.69) is 18.8 Å². The van der Waals surface area contributed by atoms with Crippen LogP contribution in [0.4, 0.5) is 8.78 Å². The Morgan fingerprint density at radius 2 is 2.29 bits per heavy atom. The van der Waals surface area contributed by atoms with Crippen LogP contribution in [0.25, 0.3) is 0 Å². The van der Waals surface area contributed by atoms with Gasteiger partial charge in [-0.25, -0.2) is 13.8 Å². The van der Waals surface area contributed by atoms with Gasteiger partial charge in [0.25, 0.3) is 5.92 Å². The maximum Gasteiger partial charge on any atom is 0.251 e. The fourth-order valence-corrected chi connectivity index (χ4v) is 2.66. The van der Waals surface area contributed by atoms with Gasteiger partial charge < -0.3 is 4.57 Å². The Kier molecular flexibility index (Phi) is 3.50. The third kappa shape index (κ3) is 2.67. The fraction of sp³-hybridized carbons (Fsp3) is 0.769. The van der Waals surface area contributed by atoms with Gasteiger partial charge in [-0.2, -0.15) is 0 Å². The van der Waals surface area contributed by atoms with Crippen LogP contribution in [0.5, 0.6) is 0 Å². The van der Waals surface area contributed by atoms with Crippen molar-refractivity contribution in [3.63, 3.8) is 0 Å². The van der Waals surface area contributed by atoms with E-state index in [0.717, 1.165) is 5.82 Å². The predicted octanol–water partition coefficient (Wildman–Crippen LogP) is 3.83. The summed E-state index contributed by atoms with van der Waals surface area (Å²) in [5, 5.41) is 0. The number of alkyl halides is 2. The summed E-state index contributed by atoms with van der Waals surface area (Å²) in [6.45, 7) is 4.81. The molecule has 1 aliphatic carbocycles. The van der Waals surface area contributed by atoms with Crippen molar-refractivity contribution in [2.75, 3.05) is 0 Å². The number of rotatable bonds is 4. The average molecular weight is 242 g/mol. The summed E-state index contributed by atoms with van der Waals surface area (Å²) in [6.07, 6.45) is 5.60. The molecule has 1 aromatic heterocycles. The van der Waals surface area contributed by atoms with E-state index in [-0.39, 0.29) is 6.42 Å². The highest BCUT2D eigenvalue weighted by molar-refractivity contribution is 4.97. The van der Waals surface area contributed by atoms with Crippen molar-refractivity contribution in [3.05, 3.63) is 18.2 Å². The summed E-state index contributed by atoms with van der Waals surface area (Å²) in [6, 6.07) is 0. The van der Waals surface area contributed by atoms with Crippen LogP contribution in [0, 0.1) is 5.92 Å². The zero-order valence-electron chi connectivity index (χ0n) is 10.5. The highest BCUT2D eigenvalue weighted by atomic mass is 19.3. The van der Waals surface area contributed by atoms with Crippen LogP contribution in [-0.4, -0.2) is 15.5 Å². The van der Waals surface area contributed by atoms with Crippen LogP contribution in [0.15, 0.2) is 12.4 Å². The van der Waals surface area contributed by atoms with Gasteiger partial charge in [0.1, 0.15) is 5.82 Å². The Hall–Kier alpha value is -0.930. The molecule has 1 aliphatic rings. The first-order chi connectivity index (χ1) is 8.00. The van der Waals surface area contributed by atoms with Gasteiger partial charge >= 0.3 is 0 Å². The van der Waals surface area contributed by atoms with E-state index in [4.69, 9.17) is 0 Å². The minimum absolute atomic E-state index is 0.0681. The first-order valence-corrected chi connectivity index (χ1v) is 6.39. The SMILES string of the molecule is CC(C)c1nccn1CC[C@H]1CCCC1(F)F. The largest absolute Gasteiger partial charge is 0.335 e. The van der Waals surface area contributed by atoms with E-state index in [0.29, 0.717) is 31.7 Å². The Bertz CT molecular complexity index is 371. The van der Waals surface area contributed by atoms with Crippen LogP contribution in [-0.2, 0) is 6.54 Å². The average Bonchev–Trinajstić information content (AvgIpc) is 2.81. The lowest BCUT2D eigenvalue weighted by Crippen LogP contribution is -2.23. The second-order valence-electron chi connectivity index (χ2n) is 5.27. The first kappa shape index (κ1) is 12.5. The van der Waals surface area contributed by atoms with Crippen LogP contribution in [0.1, 0.15) is 51.3 Å². The summed E-state index contributed by atoms with van der Waals surface area (Å²) < 4.78 is 29.0. The van der Waals surface area contributed by atoms with E-state index in [1.165, 1.54) is 0 Å². The molecule has 0 unspecified atom stereocenters. The van der Waals surface area contributed by atoms with E-state index in [9.17, 15) is 8.78 Å². The molecule has 0 saturated heterocycles. The molecule has 0 spiro atoms. The Balaban J connectivity index is 1.96. The van der Waals surface area contributed by atoms with Gasteiger partial charge in [-0.3, -0.25) is 0 Å². The van der Waals surface area contributed by atoms with Crippen molar-refractivity contribution >= 4 is 0 Å². The fourth-order valence-electron chi connectivity index (χ4n) is 2.66. The van der Waals surface area contributed by atoms with Gasteiger partial charge in [-0.05, 0) is 19.3 Å². The molecule has 0 bridgehead atoms. The van der Waals surface area contributed by atoms with Gasteiger partial charge in [0.2, 0.25) is 0 Å². The second kappa shape index (κ2) is 4.75. The summed E-state index contributed by atoms with van der Waals surface area (Å²) >= 11 is 0. The highest BCUT2D eigenvalue weighted by Gasteiger charge is 2.43. The quantitative estimate of drug-likeness (QED) is 0.784. The van der Waals surface area contributed by atoms with Crippen LogP contribution < -0.4 is 0 Å². The number of hydrogen-bond acceptors (Lipinski definition) is 1. The zero-order valence-corrected chi connectivity index (χ0v) is 10.5. The van der Waals surface area contributed by atoms with Crippen molar-refractivity contribution < 1.29 is 8.78 Å². The molecule has 0 N–H and O–H groups in total. The molecule has 1 fully saturated rings. The molecule has 0 aromatic carbocycles. The summed E-state index contributed by atoms with van der Waals surface area (Å²) in [5.41, 5.74) is 0. The first-order valence-electron chi connectivity index (χ1n) is 6.39. The standard InChI is InChI=1S/C13H20F2N2/c1-10(2)12-16-7-9-17(12)8-5-11-4-3-6-13(11,14)15/h7,9-11H,3-6,8H2,1-2H3/t11-/m1/s1. The number of imidazole rings is 1. The normalized spacial score (nSPS) is 23.5. The highest BCUT2D eigenvalue weighted by Crippen LogP contribution is 2.42. The molecular formula is C13H20F2N2. The molecule has 1 saturated carbocycles. The number of nitrogens with zero attached hydrogens (tertiary/aromatic N) is 2. The molecular weight excluding hydrogens is 222 g/mol. The molecule has 1 atom stereocenters. The zero-order chi connectivity index (χ0) is 12.5. The molecule has 0 amide bonds. The Morgan fingerprint density at radius 1 is 1.53 bits per heavy atom. The third-order valence-electron chi connectivity index (χ3n) is 3.64. The van der Waals surface area contributed by atoms with E-state index in [1.807, 2.05) is 10.8 Å². The summed E-state index contributed by atoms with van der Waals surface area (Å²) in [7, 11) is 0. The topological polar surface area (TPSA) is 17.8 Å². The number of aryl methyl sites for hydroxylation is 1. The third-order valence-corrected chi connectivity index (χ3v) is 3.64. The maximum atomic E-state index is 13.5. The lowest BCUT2D eigenvalue weighted by atomic mass is 10.0. The van der Waals surface area contributed by atoms with Crippen molar-refractivity contribution in [3.8, 4) is 0 Å². The molecule has 17 heavy (non-hydrogen) atoms. The van der Waals surface area contributed by atoms with Crippen molar-refractivity contribution in [2.45, 2.75) is 57.9 Å². The van der Waals surface area contributed by atoms with Crippen LogP contribution in [0.3, 0.4) is 0 Å². The predicted molar refractivity (Wildman–Crippen MR) is 63.2 cm³/mol. The molecule has 0 radical (unpaired) electrons. The molecule has 0 aliphatic heterocycles. The number of halogens is 2. The van der Waals surface area contributed by atoms with Crippen LogP contribution >= 0.6 is 0 Å². The van der Waals surface area contributed by atoms with Crippen LogP contribution in [0.2, 0.25) is 0 Å². The van der Waals surface area contributed by atoms with Crippen molar-refractivity contribution in [2.24, 2.45) is 5.92 Å². The second-order valence-corrected chi connectivity index (χ2v) is 5.27. The summed E-state index contributed by atoms with van der Waals surface area (Å²) in [5.74, 6) is -1.55. The minimum atomic E-state index is -2.45. The molecule has 96 valence electrons. The summed E-state index contributed by atoms with van der Waals surface area (Å²) in [4.78, 5) is 4.27. The minimum Gasteiger partial charge on any atom is -0.335 e. The Morgan fingerprint density at radius 3 is 2.88 bits per heavy atom. The van der Waals surface area contributed by atoms with Crippen molar-refractivity contribution in [1.29, 1.82) is 0 Å². The van der Waals surface area contributed by atoms with Gasteiger partial charge in [0, 0.05) is 37.2 Å². The van der Waals surface area contributed by atoms with Gasteiger partial charge in [0.05, 0.1) is 0 Å². The van der Waals surface area contributed by atoms with Gasteiger partial charge in [-0.1, -0.05) is 13.8 Å². The lowest BCUT2D eigenvalue weighted by molar-refractivity contribution is -0.0406. The molecule has 4 heteroatoms. The Labute approximate surface area is 101 Å². The number of aromatic nitrogens is 2.